The van der Waals surface area contributed by atoms with Gasteiger partial charge in [0.25, 0.3) is 0 Å². The van der Waals surface area contributed by atoms with Crippen molar-refractivity contribution in [3.8, 4) is 0 Å². The fourth-order valence-electron chi connectivity index (χ4n) is 2.89. The van der Waals surface area contributed by atoms with Crippen molar-refractivity contribution >= 4 is 27.9 Å². The van der Waals surface area contributed by atoms with Crippen LogP contribution in [0.25, 0.3) is 6.08 Å². The molecule has 1 aromatic heterocycles. The van der Waals surface area contributed by atoms with Crippen molar-refractivity contribution in [2.24, 2.45) is 0 Å². The first-order valence-electron chi connectivity index (χ1n) is 8.55. The molecule has 3 rings (SSSR count). The average Bonchev–Trinajstić information content (AvgIpc) is 3.11. The molecule has 1 aliphatic rings. The lowest BCUT2D eigenvalue weighted by Crippen LogP contribution is -2.31. The SMILES string of the molecule is Cc1ccc(S(=O)(=O)N2CC[C@@H](Nc3ccc(/C=C/C(=O)O)cn3)C2)cc1. The normalized spacial score (nSPS) is 18.0. The van der Waals surface area contributed by atoms with E-state index in [1.165, 1.54) is 10.4 Å². The summed E-state index contributed by atoms with van der Waals surface area (Å²) in [5.74, 6) is -0.389. The minimum Gasteiger partial charge on any atom is -0.478 e. The second-order valence-corrected chi connectivity index (χ2v) is 8.39. The Hall–Kier alpha value is -2.71. The van der Waals surface area contributed by atoms with Crippen molar-refractivity contribution in [1.82, 2.24) is 9.29 Å². The summed E-state index contributed by atoms with van der Waals surface area (Å²) < 4.78 is 27.0. The van der Waals surface area contributed by atoms with Crippen molar-refractivity contribution in [1.29, 1.82) is 0 Å². The van der Waals surface area contributed by atoms with Gasteiger partial charge in [-0.25, -0.2) is 18.2 Å². The Balaban J connectivity index is 1.62. The second kappa shape index (κ2) is 7.89. The van der Waals surface area contributed by atoms with Crippen molar-refractivity contribution in [3.05, 3.63) is 59.8 Å². The summed E-state index contributed by atoms with van der Waals surface area (Å²) in [6.07, 6.45) is 4.77. The third-order valence-electron chi connectivity index (χ3n) is 4.37. The van der Waals surface area contributed by atoms with Crippen LogP contribution in [-0.2, 0) is 14.8 Å². The summed E-state index contributed by atoms with van der Waals surface area (Å²) in [5, 5.41) is 11.9. The maximum atomic E-state index is 12.7. The van der Waals surface area contributed by atoms with E-state index in [1.807, 2.05) is 6.92 Å². The number of nitrogens with one attached hydrogen (secondary N) is 1. The number of nitrogens with zero attached hydrogens (tertiary/aromatic N) is 2. The lowest BCUT2D eigenvalue weighted by molar-refractivity contribution is -0.131. The first-order valence-corrected chi connectivity index (χ1v) is 9.99. The van der Waals surface area contributed by atoms with Crippen LogP contribution >= 0.6 is 0 Å². The molecule has 0 amide bonds. The van der Waals surface area contributed by atoms with Gasteiger partial charge in [0.2, 0.25) is 10.0 Å². The van der Waals surface area contributed by atoms with E-state index < -0.39 is 16.0 Å². The number of benzene rings is 1. The molecule has 8 heteroatoms. The third kappa shape index (κ3) is 4.72. The summed E-state index contributed by atoms with van der Waals surface area (Å²) in [6, 6.07) is 10.3. The predicted molar refractivity (Wildman–Crippen MR) is 103 cm³/mol. The van der Waals surface area contributed by atoms with Crippen LogP contribution in [0.1, 0.15) is 17.5 Å². The molecule has 27 heavy (non-hydrogen) atoms. The van der Waals surface area contributed by atoms with Gasteiger partial charge in [0, 0.05) is 31.4 Å². The number of pyridine rings is 1. The minimum absolute atomic E-state index is 0.0295. The first kappa shape index (κ1) is 19.1. The van der Waals surface area contributed by atoms with Gasteiger partial charge < -0.3 is 10.4 Å². The van der Waals surface area contributed by atoms with Crippen LogP contribution in [-0.4, -0.2) is 47.9 Å². The maximum absolute atomic E-state index is 12.7. The molecule has 0 bridgehead atoms. The molecule has 0 spiro atoms. The fraction of sp³-hybridized carbons (Fsp3) is 0.263. The molecule has 0 radical (unpaired) electrons. The van der Waals surface area contributed by atoms with E-state index in [9.17, 15) is 13.2 Å². The number of sulfonamides is 1. The largest absolute Gasteiger partial charge is 0.478 e. The Morgan fingerprint density at radius 2 is 2.00 bits per heavy atom. The molecule has 1 aromatic carbocycles. The van der Waals surface area contributed by atoms with E-state index in [0.717, 1.165) is 11.6 Å². The van der Waals surface area contributed by atoms with Crippen LogP contribution in [0.2, 0.25) is 0 Å². The van der Waals surface area contributed by atoms with Crippen LogP contribution < -0.4 is 5.32 Å². The Morgan fingerprint density at radius 3 is 2.63 bits per heavy atom. The summed E-state index contributed by atoms with van der Waals surface area (Å²) >= 11 is 0. The molecule has 1 aliphatic heterocycles. The standard InChI is InChI=1S/C19H21N3O4S/c1-14-2-6-17(7-3-14)27(25,26)22-11-10-16(13-22)21-18-8-4-15(12-20-18)5-9-19(23)24/h2-9,12,16H,10-11,13H2,1H3,(H,20,21)(H,23,24)/b9-5+/t16-/m1/s1. The fourth-order valence-corrected chi connectivity index (χ4v) is 4.39. The summed E-state index contributed by atoms with van der Waals surface area (Å²) in [4.78, 5) is 15.1. The van der Waals surface area contributed by atoms with Gasteiger partial charge >= 0.3 is 5.97 Å². The van der Waals surface area contributed by atoms with Gasteiger partial charge in [0.05, 0.1) is 4.90 Å². The number of carbonyl (C=O) groups is 1. The van der Waals surface area contributed by atoms with Crippen LogP contribution in [0, 0.1) is 6.92 Å². The van der Waals surface area contributed by atoms with Gasteiger partial charge in [0.1, 0.15) is 5.82 Å². The zero-order valence-electron chi connectivity index (χ0n) is 14.9. The summed E-state index contributed by atoms with van der Waals surface area (Å²) in [6.45, 7) is 2.74. The van der Waals surface area contributed by atoms with Crippen LogP contribution in [0.4, 0.5) is 5.82 Å². The van der Waals surface area contributed by atoms with E-state index in [4.69, 9.17) is 5.11 Å². The van der Waals surface area contributed by atoms with Gasteiger partial charge in [-0.05, 0) is 49.2 Å². The molecule has 2 heterocycles. The number of rotatable bonds is 6. The van der Waals surface area contributed by atoms with E-state index in [2.05, 4.69) is 10.3 Å². The van der Waals surface area contributed by atoms with Crippen molar-refractivity contribution < 1.29 is 18.3 Å². The molecule has 2 aromatic rings. The highest BCUT2D eigenvalue weighted by Gasteiger charge is 2.32. The van der Waals surface area contributed by atoms with Gasteiger partial charge in [0.15, 0.2) is 0 Å². The molecule has 0 unspecified atom stereocenters. The van der Waals surface area contributed by atoms with Gasteiger partial charge in [-0.2, -0.15) is 4.31 Å². The first-order chi connectivity index (χ1) is 12.8. The topological polar surface area (TPSA) is 99.6 Å². The highest BCUT2D eigenvalue weighted by atomic mass is 32.2. The van der Waals surface area contributed by atoms with E-state index in [-0.39, 0.29) is 6.04 Å². The van der Waals surface area contributed by atoms with Gasteiger partial charge in [-0.15, -0.1) is 0 Å². The molecule has 7 nitrogen and oxygen atoms in total. The molecular formula is C19H21N3O4S. The predicted octanol–water partition coefficient (Wildman–Crippen LogP) is 2.36. The number of hydrogen-bond acceptors (Lipinski definition) is 5. The quantitative estimate of drug-likeness (QED) is 0.738. The molecular weight excluding hydrogens is 366 g/mol. The highest BCUT2D eigenvalue weighted by Crippen LogP contribution is 2.23. The van der Waals surface area contributed by atoms with Gasteiger partial charge in [-0.3, -0.25) is 0 Å². The zero-order chi connectivity index (χ0) is 19.4. The van der Waals surface area contributed by atoms with Crippen molar-refractivity contribution in [2.45, 2.75) is 24.3 Å². The van der Waals surface area contributed by atoms with E-state index in [0.29, 0.717) is 35.8 Å². The van der Waals surface area contributed by atoms with Crippen LogP contribution in [0.15, 0.2) is 53.6 Å². The van der Waals surface area contributed by atoms with Crippen LogP contribution in [0.5, 0.6) is 0 Å². The summed E-state index contributed by atoms with van der Waals surface area (Å²) in [7, 11) is -3.49. The lowest BCUT2D eigenvalue weighted by atomic mass is 10.2. The number of anilines is 1. The molecule has 1 fully saturated rings. The molecule has 142 valence electrons. The third-order valence-corrected chi connectivity index (χ3v) is 6.25. The average molecular weight is 387 g/mol. The number of aliphatic carboxylic acids is 1. The molecule has 0 saturated carbocycles. The maximum Gasteiger partial charge on any atom is 0.328 e. The Labute approximate surface area is 158 Å². The highest BCUT2D eigenvalue weighted by molar-refractivity contribution is 7.89. The number of aromatic nitrogens is 1. The molecule has 0 aliphatic carbocycles. The number of carboxylic acids is 1. The minimum atomic E-state index is -3.49. The van der Waals surface area contributed by atoms with E-state index >= 15 is 0 Å². The van der Waals surface area contributed by atoms with Crippen molar-refractivity contribution in [3.63, 3.8) is 0 Å². The molecule has 1 atom stereocenters. The summed E-state index contributed by atoms with van der Waals surface area (Å²) in [5.41, 5.74) is 1.69. The van der Waals surface area contributed by atoms with Crippen molar-refractivity contribution in [2.75, 3.05) is 18.4 Å². The number of aryl methyl sites for hydroxylation is 1. The zero-order valence-corrected chi connectivity index (χ0v) is 15.7. The second-order valence-electron chi connectivity index (χ2n) is 6.45. The molecule has 1 saturated heterocycles. The Morgan fingerprint density at radius 1 is 1.26 bits per heavy atom. The smallest absolute Gasteiger partial charge is 0.328 e. The monoisotopic (exact) mass is 387 g/mol. The number of hydrogen-bond donors (Lipinski definition) is 2. The van der Waals surface area contributed by atoms with Crippen LogP contribution in [0.3, 0.4) is 0 Å². The lowest BCUT2D eigenvalue weighted by Gasteiger charge is -2.17. The van der Waals surface area contributed by atoms with E-state index in [1.54, 1.807) is 42.6 Å². The number of carboxylic acid groups (broad SMARTS) is 1. The van der Waals surface area contributed by atoms with Gasteiger partial charge in [-0.1, -0.05) is 17.7 Å². The molecule has 2 N–H and O–H groups in total. The Bertz CT molecular complexity index is 938. The Kier molecular flexibility index (Phi) is 5.57.